The van der Waals surface area contributed by atoms with E-state index < -0.39 is 0 Å². The molecule has 3 aromatic heterocycles. The maximum absolute atomic E-state index is 12.1. The molecule has 1 aliphatic heterocycles. The molecular weight excluding hydrogens is 360 g/mol. The van der Waals surface area contributed by atoms with E-state index in [2.05, 4.69) is 31.3 Å². The minimum atomic E-state index is 0.0795. The number of carbonyl (C=O) groups excluding carboxylic acids is 1. The van der Waals surface area contributed by atoms with Gasteiger partial charge in [0.1, 0.15) is 0 Å². The first-order chi connectivity index (χ1) is 13.3. The van der Waals surface area contributed by atoms with Crippen LogP contribution in [0, 0.1) is 0 Å². The van der Waals surface area contributed by atoms with Crippen LogP contribution in [0.4, 0.5) is 0 Å². The topological polar surface area (TPSA) is 75.9 Å². The first-order valence-electron chi connectivity index (χ1n) is 9.16. The van der Waals surface area contributed by atoms with E-state index in [0.717, 1.165) is 34.9 Å². The number of nitrogens with zero attached hydrogens (tertiary/aromatic N) is 5. The number of likely N-dealkylation sites (tertiary alicyclic amines) is 1. The van der Waals surface area contributed by atoms with E-state index in [1.165, 1.54) is 12.8 Å². The number of rotatable bonds is 7. The van der Waals surface area contributed by atoms with Crippen molar-refractivity contribution < 1.29 is 4.79 Å². The minimum Gasteiger partial charge on any atom is -0.353 e. The van der Waals surface area contributed by atoms with Crippen molar-refractivity contribution in [2.75, 3.05) is 26.2 Å². The quantitative estimate of drug-likeness (QED) is 0.678. The fraction of sp³-hybridized carbons (Fsp3) is 0.368. The van der Waals surface area contributed by atoms with Crippen LogP contribution in [0.5, 0.6) is 0 Å². The SMILES string of the molecule is O=C(CN1CCCC1)NCCn1ncc(-c2cnccn2)c1-c1cccs1. The third-order valence-corrected chi connectivity index (χ3v) is 5.52. The molecule has 3 aromatic rings. The number of thiophene rings is 1. The lowest BCUT2D eigenvalue weighted by Crippen LogP contribution is -2.37. The molecule has 0 saturated carbocycles. The highest BCUT2D eigenvalue weighted by atomic mass is 32.1. The molecule has 7 nitrogen and oxygen atoms in total. The molecule has 4 heterocycles. The van der Waals surface area contributed by atoms with Gasteiger partial charge in [-0.05, 0) is 37.4 Å². The Hall–Kier alpha value is -2.58. The van der Waals surface area contributed by atoms with Crippen molar-refractivity contribution in [1.29, 1.82) is 0 Å². The number of hydrogen-bond acceptors (Lipinski definition) is 6. The Bertz CT molecular complexity index is 871. The van der Waals surface area contributed by atoms with Crippen LogP contribution in [0.2, 0.25) is 0 Å². The van der Waals surface area contributed by atoms with Gasteiger partial charge >= 0.3 is 0 Å². The molecule has 27 heavy (non-hydrogen) atoms. The summed E-state index contributed by atoms with van der Waals surface area (Å²) in [6.45, 7) is 3.70. The number of amides is 1. The van der Waals surface area contributed by atoms with E-state index in [1.54, 1.807) is 29.9 Å². The summed E-state index contributed by atoms with van der Waals surface area (Å²) in [6.07, 6.45) is 9.30. The number of nitrogens with one attached hydrogen (secondary N) is 1. The molecule has 8 heteroatoms. The molecule has 0 aromatic carbocycles. The summed E-state index contributed by atoms with van der Waals surface area (Å²) < 4.78 is 1.94. The summed E-state index contributed by atoms with van der Waals surface area (Å²) in [7, 11) is 0. The Morgan fingerprint density at radius 3 is 2.85 bits per heavy atom. The molecule has 1 amide bonds. The van der Waals surface area contributed by atoms with Crippen LogP contribution in [-0.2, 0) is 11.3 Å². The lowest BCUT2D eigenvalue weighted by Gasteiger charge is -2.14. The Balaban J connectivity index is 1.46. The van der Waals surface area contributed by atoms with Crippen molar-refractivity contribution in [3.8, 4) is 21.8 Å². The smallest absolute Gasteiger partial charge is 0.234 e. The van der Waals surface area contributed by atoms with Gasteiger partial charge in [0.15, 0.2) is 0 Å². The van der Waals surface area contributed by atoms with Gasteiger partial charge < -0.3 is 5.32 Å². The lowest BCUT2D eigenvalue weighted by molar-refractivity contribution is -0.122. The predicted octanol–water partition coefficient (Wildman–Crippen LogP) is 2.28. The first kappa shape index (κ1) is 17.8. The highest BCUT2D eigenvalue weighted by molar-refractivity contribution is 7.13. The summed E-state index contributed by atoms with van der Waals surface area (Å²) >= 11 is 1.66. The third-order valence-electron chi connectivity index (χ3n) is 4.64. The van der Waals surface area contributed by atoms with Gasteiger partial charge in [-0.3, -0.25) is 24.3 Å². The van der Waals surface area contributed by atoms with E-state index in [4.69, 9.17) is 0 Å². The molecule has 0 spiro atoms. The van der Waals surface area contributed by atoms with Crippen LogP contribution >= 0.6 is 11.3 Å². The molecular formula is C19H22N6OS. The summed E-state index contributed by atoms with van der Waals surface area (Å²) in [5, 5.41) is 9.60. The van der Waals surface area contributed by atoms with Crippen molar-refractivity contribution in [3.05, 3.63) is 42.3 Å². The number of aromatic nitrogens is 4. The summed E-state index contributed by atoms with van der Waals surface area (Å²) in [5.41, 5.74) is 2.76. The standard InChI is InChI=1S/C19H22N6OS/c26-18(14-24-8-1-2-9-24)22-7-10-25-19(17-4-3-11-27-17)15(12-23-25)16-13-20-5-6-21-16/h3-6,11-13H,1-2,7-10,14H2,(H,22,26). The largest absolute Gasteiger partial charge is 0.353 e. The van der Waals surface area contributed by atoms with Gasteiger partial charge in [0.05, 0.1) is 41.7 Å². The van der Waals surface area contributed by atoms with Crippen LogP contribution in [0.25, 0.3) is 21.8 Å². The number of carbonyl (C=O) groups is 1. The Kier molecular flexibility index (Phi) is 5.55. The Morgan fingerprint density at radius 1 is 1.22 bits per heavy atom. The van der Waals surface area contributed by atoms with E-state index in [9.17, 15) is 4.79 Å². The average molecular weight is 382 g/mol. The molecule has 4 rings (SSSR count). The summed E-state index contributed by atoms with van der Waals surface area (Å²) in [5.74, 6) is 0.0795. The average Bonchev–Trinajstić information content (AvgIpc) is 3.44. The zero-order chi connectivity index (χ0) is 18.5. The van der Waals surface area contributed by atoms with Crippen LogP contribution in [0.1, 0.15) is 12.8 Å². The first-order valence-corrected chi connectivity index (χ1v) is 10.0. The van der Waals surface area contributed by atoms with Crippen LogP contribution in [0.15, 0.2) is 42.3 Å². The normalized spacial score (nSPS) is 14.5. The molecule has 1 saturated heterocycles. The third kappa shape index (κ3) is 4.23. The second-order valence-corrected chi connectivity index (χ2v) is 7.48. The van der Waals surface area contributed by atoms with Gasteiger partial charge in [-0.1, -0.05) is 6.07 Å². The molecule has 1 aliphatic rings. The van der Waals surface area contributed by atoms with Crippen LogP contribution in [0.3, 0.4) is 0 Å². The highest BCUT2D eigenvalue weighted by Crippen LogP contribution is 2.33. The van der Waals surface area contributed by atoms with Gasteiger partial charge in [0.25, 0.3) is 0 Å². The van der Waals surface area contributed by atoms with Gasteiger partial charge in [0, 0.05) is 24.5 Å². The van der Waals surface area contributed by atoms with Crippen molar-refractivity contribution in [2.24, 2.45) is 0 Å². The molecule has 0 radical (unpaired) electrons. The molecule has 1 fully saturated rings. The zero-order valence-electron chi connectivity index (χ0n) is 15.0. The van der Waals surface area contributed by atoms with E-state index in [-0.39, 0.29) is 5.91 Å². The lowest BCUT2D eigenvalue weighted by atomic mass is 10.1. The fourth-order valence-corrected chi connectivity index (χ4v) is 4.14. The molecule has 140 valence electrons. The van der Waals surface area contributed by atoms with Gasteiger partial charge in [-0.15, -0.1) is 11.3 Å². The summed E-state index contributed by atoms with van der Waals surface area (Å²) in [4.78, 5) is 24.0. The Labute approximate surface area is 162 Å². The van der Waals surface area contributed by atoms with Gasteiger partial charge in [-0.2, -0.15) is 5.10 Å². The predicted molar refractivity (Wildman–Crippen MR) is 105 cm³/mol. The van der Waals surface area contributed by atoms with Gasteiger partial charge in [0.2, 0.25) is 5.91 Å². The molecule has 0 aliphatic carbocycles. The van der Waals surface area contributed by atoms with Crippen LogP contribution in [-0.4, -0.2) is 56.7 Å². The second kappa shape index (κ2) is 8.41. The monoisotopic (exact) mass is 382 g/mol. The molecule has 0 atom stereocenters. The Morgan fingerprint density at radius 2 is 2.11 bits per heavy atom. The maximum Gasteiger partial charge on any atom is 0.234 e. The minimum absolute atomic E-state index is 0.0795. The maximum atomic E-state index is 12.1. The van der Waals surface area contributed by atoms with E-state index in [0.29, 0.717) is 19.6 Å². The number of hydrogen-bond donors (Lipinski definition) is 1. The summed E-state index contributed by atoms with van der Waals surface area (Å²) in [6, 6.07) is 4.10. The molecule has 0 unspecified atom stereocenters. The van der Waals surface area contributed by atoms with Crippen molar-refractivity contribution in [1.82, 2.24) is 30.0 Å². The molecule has 0 bridgehead atoms. The van der Waals surface area contributed by atoms with Crippen molar-refractivity contribution in [2.45, 2.75) is 19.4 Å². The van der Waals surface area contributed by atoms with Crippen LogP contribution < -0.4 is 5.32 Å². The fourth-order valence-electron chi connectivity index (χ4n) is 3.35. The second-order valence-electron chi connectivity index (χ2n) is 6.53. The molecule has 1 N–H and O–H groups in total. The van der Waals surface area contributed by atoms with E-state index >= 15 is 0 Å². The van der Waals surface area contributed by atoms with E-state index in [1.807, 2.05) is 22.3 Å². The zero-order valence-corrected chi connectivity index (χ0v) is 15.9. The van der Waals surface area contributed by atoms with Crippen molar-refractivity contribution >= 4 is 17.2 Å². The van der Waals surface area contributed by atoms with Gasteiger partial charge in [-0.25, -0.2) is 0 Å². The van der Waals surface area contributed by atoms with Crippen molar-refractivity contribution in [3.63, 3.8) is 0 Å². The highest BCUT2D eigenvalue weighted by Gasteiger charge is 2.18.